The minimum absolute atomic E-state index is 0.520. The Kier molecular flexibility index (Phi) is 3.13. The molecule has 0 aromatic carbocycles. The van der Waals surface area contributed by atoms with Crippen LogP contribution in [0.4, 0.5) is 0 Å². The number of rotatable bonds is 1. The summed E-state index contributed by atoms with van der Waals surface area (Å²) in [6.45, 7) is 9.34. The predicted molar refractivity (Wildman–Crippen MR) is 52.4 cm³/mol. The van der Waals surface area contributed by atoms with Crippen LogP contribution in [0, 0.1) is 23.7 Å². The Morgan fingerprint density at radius 1 is 1.00 bits per heavy atom. The minimum atomic E-state index is 0.520. The molecule has 0 saturated heterocycles. The van der Waals surface area contributed by atoms with Gasteiger partial charge in [-0.1, -0.05) is 27.7 Å². The number of nitrogens with two attached hydrogens (primary N) is 1. The zero-order valence-electron chi connectivity index (χ0n) is 8.67. The van der Waals surface area contributed by atoms with Gasteiger partial charge in [0.05, 0.1) is 0 Å². The molecule has 2 nitrogen and oxygen atoms in total. The highest BCUT2D eigenvalue weighted by Crippen LogP contribution is 2.37. The first-order chi connectivity index (χ1) is 5.57. The van der Waals surface area contributed by atoms with Gasteiger partial charge in [-0.15, -0.1) is 0 Å². The summed E-state index contributed by atoms with van der Waals surface area (Å²) in [4.78, 5) is 0. The first-order valence-electron chi connectivity index (χ1n) is 5.04. The maximum Gasteiger partial charge on any atom is 0.0241 e. The van der Waals surface area contributed by atoms with Gasteiger partial charge in [-0.3, -0.25) is 11.3 Å². The zero-order valence-corrected chi connectivity index (χ0v) is 8.67. The Balaban J connectivity index is 2.63. The van der Waals surface area contributed by atoms with Crippen molar-refractivity contribution in [2.75, 3.05) is 0 Å². The van der Waals surface area contributed by atoms with E-state index >= 15 is 0 Å². The first kappa shape index (κ1) is 10.0. The summed E-state index contributed by atoms with van der Waals surface area (Å²) >= 11 is 0. The van der Waals surface area contributed by atoms with Crippen LogP contribution in [0.15, 0.2) is 0 Å². The fourth-order valence-electron chi connectivity index (χ4n) is 2.41. The van der Waals surface area contributed by atoms with Crippen molar-refractivity contribution in [2.45, 2.75) is 40.2 Å². The third kappa shape index (κ3) is 1.64. The molecule has 0 aliphatic heterocycles. The van der Waals surface area contributed by atoms with Gasteiger partial charge in [-0.25, -0.2) is 0 Å². The standard InChI is InChI=1S/C10H22N2/c1-6-5-10(12-11)9(4)8(3)7(6)2/h6-10,12H,5,11H2,1-4H3. The second-order valence-electron chi connectivity index (χ2n) is 4.56. The lowest BCUT2D eigenvalue weighted by Gasteiger charge is -2.42. The maximum atomic E-state index is 5.51. The molecule has 3 N–H and O–H groups in total. The van der Waals surface area contributed by atoms with Crippen molar-refractivity contribution in [3.8, 4) is 0 Å². The maximum absolute atomic E-state index is 5.51. The minimum Gasteiger partial charge on any atom is -0.271 e. The first-order valence-corrected chi connectivity index (χ1v) is 5.04. The van der Waals surface area contributed by atoms with Crippen LogP contribution in [0.3, 0.4) is 0 Å². The number of hydrogen-bond acceptors (Lipinski definition) is 2. The fourth-order valence-corrected chi connectivity index (χ4v) is 2.41. The molecule has 1 fully saturated rings. The van der Waals surface area contributed by atoms with Crippen molar-refractivity contribution in [1.29, 1.82) is 0 Å². The van der Waals surface area contributed by atoms with Crippen molar-refractivity contribution in [3.05, 3.63) is 0 Å². The van der Waals surface area contributed by atoms with Gasteiger partial charge in [0, 0.05) is 6.04 Å². The number of nitrogens with one attached hydrogen (secondary N) is 1. The van der Waals surface area contributed by atoms with E-state index in [0.717, 1.165) is 17.8 Å². The van der Waals surface area contributed by atoms with Crippen LogP contribution in [0.5, 0.6) is 0 Å². The van der Waals surface area contributed by atoms with E-state index in [-0.39, 0.29) is 0 Å². The SMILES string of the molecule is CC1CC(NN)C(C)C(C)C1C. The van der Waals surface area contributed by atoms with Gasteiger partial charge in [0.2, 0.25) is 0 Å². The summed E-state index contributed by atoms with van der Waals surface area (Å²) in [5.41, 5.74) is 2.94. The molecule has 2 heteroatoms. The van der Waals surface area contributed by atoms with E-state index in [4.69, 9.17) is 5.84 Å². The van der Waals surface area contributed by atoms with Gasteiger partial charge < -0.3 is 0 Å². The highest BCUT2D eigenvalue weighted by Gasteiger charge is 2.35. The molecular weight excluding hydrogens is 148 g/mol. The van der Waals surface area contributed by atoms with Crippen LogP contribution in [0.2, 0.25) is 0 Å². The molecule has 72 valence electrons. The van der Waals surface area contributed by atoms with Crippen LogP contribution in [-0.2, 0) is 0 Å². The van der Waals surface area contributed by atoms with Crippen LogP contribution >= 0.6 is 0 Å². The zero-order chi connectivity index (χ0) is 9.30. The van der Waals surface area contributed by atoms with E-state index in [0.29, 0.717) is 12.0 Å². The molecule has 1 aliphatic rings. The summed E-state index contributed by atoms with van der Waals surface area (Å²) < 4.78 is 0. The van der Waals surface area contributed by atoms with E-state index in [9.17, 15) is 0 Å². The summed E-state index contributed by atoms with van der Waals surface area (Å²) in [5, 5.41) is 0. The van der Waals surface area contributed by atoms with Gasteiger partial charge >= 0.3 is 0 Å². The van der Waals surface area contributed by atoms with E-state index in [1.165, 1.54) is 6.42 Å². The second-order valence-corrected chi connectivity index (χ2v) is 4.56. The average Bonchev–Trinajstić information content (AvgIpc) is 2.08. The molecule has 0 radical (unpaired) electrons. The van der Waals surface area contributed by atoms with Crippen molar-refractivity contribution in [3.63, 3.8) is 0 Å². The number of hydrogen-bond donors (Lipinski definition) is 2. The van der Waals surface area contributed by atoms with Crippen LogP contribution in [-0.4, -0.2) is 6.04 Å². The Bertz CT molecular complexity index is 142. The largest absolute Gasteiger partial charge is 0.271 e. The Morgan fingerprint density at radius 2 is 1.58 bits per heavy atom. The molecule has 0 amide bonds. The Morgan fingerprint density at radius 3 is 2.08 bits per heavy atom. The van der Waals surface area contributed by atoms with Crippen molar-refractivity contribution in [1.82, 2.24) is 5.43 Å². The van der Waals surface area contributed by atoms with Crippen LogP contribution in [0.1, 0.15) is 34.1 Å². The van der Waals surface area contributed by atoms with Crippen molar-refractivity contribution in [2.24, 2.45) is 29.5 Å². The lowest BCUT2D eigenvalue weighted by molar-refractivity contribution is 0.0976. The molecule has 1 rings (SSSR count). The average molecular weight is 170 g/mol. The molecule has 0 heterocycles. The molecule has 1 aliphatic carbocycles. The molecule has 1 saturated carbocycles. The highest BCUT2D eigenvalue weighted by atomic mass is 15.2. The Labute approximate surface area is 75.9 Å². The van der Waals surface area contributed by atoms with Crippen LogP contribution < -0.4 is 11.3 Å². The summed E-state index contributed by atoms with van der Waals surface area (Å²) in [7, 11) is 0. The van der Waals surface area contributed by atoms with Gasteiger partial charge in [0.15, 0.2) is 0 Å². The molecule has 5 atom stereocenters. The molecule has 0 spiro atoms. The van der Waals surface area contributed by atoms with Gasteiger partial charge in [-0.05, 0) is 30.1 Å². The highest BCUT2D eigenvalue weighted by molar-refractivity contribution is 4.87. The van der Waals surface area contributed by atoms with Crippen LogP contribution in [0.25, 0.3) is 0 Å². The van der Waals surface area contributed by atoms with E-state index < -0.39 is 0 Å². The lowest BCUT2D eigenvalue weighted by Crippen LogP contribution is -2.48. The molecular formula is C10H22N2. The summed E-state index contributed by atoms with van der Waals surface area (Å²) in [6.07, 6.45) is 1.23. The molecule has 0 aromatic rings. The van der Waals surface area contributed by atoms with E-state index in [2.05, 4.69) is 33.1 Å². The van der Waals surface area contributed by atoms with Crippen molar-refractivity contribution >= 4 is 0 Å². The molecule has 5 unspecified atom stereocenters. The third-order valence-electron chi connectivity index (χ3n) is 4.03. The quantitative estimate of drug-likeness (QED) is 0.465. The molecule has 0 bridgehead atoms. The predicted octanol–water partition coefficient (Wildman–Crippen LogP) is 1.77. The van der Waals surface area contributed by atoms with E-state index in [1.54, 1.807) is 0 Å². The van der Waals surface area contributed by atoms with Crippen molar-refractivity contribution < 1.29 is 0 Å². The monoisotopic (exact) mass is 170 g/mol. The smallest absolute Gasteiger partial charge is 0.0241 e. The van der Waals surface area contributed by atoms with Gasteiger partial charge in [0.25, 0.3) is 0 Å². The number of hydrazine groups is 1. The normalized spacial score (nSPS) is 49.2. The summed E-state index contributed by atoms with van der Waals surface area (Å²) in [6, 6.07) is 0.520. The second kappa shape index (κ2) is 3.75. The topological polar surface area (TPSA) is 38.0 Å². The van der Waals surface area contributed by atoms with Gasteiger partial charge in [-0.2, -0.15) is 0 Å². The van der Waals surface area contributed by atoms with E-state index in [1.807, 2.05) is 0 Å². The molecule has 0 aromatic heterocycles. The fraction of sp³-hybridized carbons (Fsp3) is 1.00. The summed E-state index contributed by atoms with van der Waals surface area (Å²) in [5.74, 6) is 8.65. The Hall–Kier alpha value is -0.0800. The lowest BCUT2D eigenvalue weighted by atomic mass is 9.67. The third-order valence-corrected chi connectivity index (χ3v) is 4.03. The van der Waals surface area contributed by atoms with Gasteiger partial charge in [0.1, 0.15) is 0 Å². The molecule has 12 heavy (non-hydrogen) atoms.